The second kappa shape index (κ2) is 10.1. The number of aromatic amines is 1. The lowest BCUT2D eigenvalue weighted by Crippen LogP contribution is -2.41. The molecule has 2 heterocycles. The van der Waals surface area contributed by atoms with Gasteiger partial charge in [-0.3, -0.25) is 9.89 Å². The van der Waals surface area contributed by atoms with Gasteiger partial charge in [0.2, 0.25) is 0 Å². The first kappa shape index (κ1) is 22.2. The molecule has 0 radical (unpaired) electrons. The summed E-state index contributed by atoms with van der Waals surface area (Å²) in [4.78, 5) is 14.5. The predicted molar refractivity (Wildman–Crippen MR) is 97.8 cm³/mol. The summed E-state index contributed by atoms with van der Waals surface area (Å²) in [6, 6.07) is 0.349. The lowest BCUT2D eigenvalue weighted by atomic mass is 10.0. The number of carbonyl (C=O) groups excluding carboxylic acids is 1. The van der Waals surface area contributed by atoms with Gasteiger partial charge in [-0.25, -0.2) is 0 Å². The van der Waals surface area contributed by atoms with E-state index in [1.54, 1.807) is 0 Å². The summed E-state index contributed by atoms with van der Waals surface area (Å²) >= 11 is 0. The molecule has 0 aliphatic carbocycles. The first-order valence-electron chi connectivity index (χ1n) is 7.70. The minimum atomic E-state index is -0.0770. The predicted octanol–water partition coefficient (Wildman–Crippen LogP) is 1.61. The minimum absolute atomic E-state index is 0. The fourth-order valence-corrected chi connectivity index (χ4v) is 2.73. The summed E-state index contributed by atoms with van der Waals surface area (Å²) < 4.78 is 0. The molecule has 3 N–H and O–H groups in total. The van der Waals surface area contributed by atoms with Crippen molar-refractivity contribution in [1.82, 2.24) is 25.7 Å². The molecule has 1 unspecified atom stereocenters. The van der Waals surface area contributed by atoms with E-state index in [1.165, 1.54) is 0 Å². The van der Waals surface area contributed by atoms with Crippen LogP contribution in [0.5, 0.6) is 0 Å². The Labute approximate surface area is 151 Å². The monoisotopic (exact) mass is 365 g/mol. The molecule has 0 spiro atoms. The molecule has 134 valence electrons. The van der Waals surface area contributed by atoms with Crippen LogP contribution in [-0.4, -0.2) is 54.2 Å². The minimum Gasteiger partial charge on any atom is -0.349 e. The quantitative estimate of drug-likeness (QED) is 0.715. The molecule has 0 aromatic carbocycles. The number of hydrogen-bond donors (Lipinski definition) is 3. The van der Waals surface area contributed by atoms with E-state index in [2.05, 4.69) is 53.7 Å². The van der Waals surface area contributed by atoms with Crippen LogP contribution in [0.2, 0.25) is 0 Å². The highest BCUT2D eigenvalue weighted by atomic mass is 35.5. The Morgan fingerprint density at radius 1 is 1.35 bits per heavy atom. The fraction of sp³-hybridized carbons (Fsp3) is 0.733. The summed E-state index contributed by atoms with van der Waals surface area (Å²) in [5.74, 6) is 0.531. The number of H-pyrrole nitrogens is 1. The lowest BCUT2D eigenvalue weighted by molar-refractivity contribution is 0.0932. The lowest BCUT2D eigenvalue weighted by Gasteiger charge is -2.26. The third-order valence-electron chi connectivity index (χ3n) is 3.99. The average Bonchev–Trinajstić information content (AvgIpc) is 2.86. The van der Waals surface area contributed by atoms with Gasteiger partial charge in [-0.05, 0) is 26.4 Å². The molecule has 1 aromatic rings. The summed E-state index contributed by atoms with van der Waals surface area (Å²) in [5.41, 5.74) is 2.65. The molecule has 1 amide bonds. The largest absolute Gasteiger partial charge is 0.349 e. The molecule has 0 fully saturated rings. The Hall–Kier alpha value is -0.820. The third kappa shape index (κ3) is 5.95. The van der Waals surface area contributed by atoms with Crippen LogP contribution in [0.1, 0.15) is 42.0 Å². The van der Waals surface area contributed by atoms with Crippen LogP contribution in [0.3, 0.4) is 0 Å². The summed E-state index contributed by atoms with van der Waals surface area (Å²) in [6.45, 7) is 6.71. The van der Waals surface area contributed by atoms with E-state index in [9.17, 15) is 4.79 Å². The van der Waals surface area contributed by atoms with Gasteiger partial charge in [0.05, 0.1) is 0 Å². The zero-order chi connectivity index (χ0) is 15.4. The zero-order valence-electron chi connectivity index (χ0n) is 14.3. The molecule has 8 heteroatoms. The van der Waals surface area contributed by atoms with Crippen molar-refractivity contribution in [3.8, 4) is 0 Å². The van der Waals surface area contributed by atoms with E-state index in [1.807, 2.05) is 0 Å². The molecule has 0 bridgehead atoms. The van der Waals surface area contributed by atoms with Crippen LogP contribution in [0.25, 0.3) is 0 Å². The molecular weight excluding hydrogens is 337 g/mol. The van der Waals surface area contributed by atoms with Crippen molar-refractivity contribution < 1.29 is 4.79 Å². The van der Waals surface area contributed by atoms with E-state index >= 15 is 0 Å². The van der Waals surface area contributed by atoms with Crippen LogP contribution in [0.4, 0.5) is 0 Å². The molecule has 2 rings (SSSR count). The van der Waals surface area contributed by atoms with E-state index < -0.39 is 0 Å². The zero-order valence-corrected chi connectivity index (χ0v) is 15.9. The first-order valence-corrected chi connectivity index (χ1v) is 7.70. The summed E-state index contributed by atoms with van der Waals surface area (Å²) in [5, 5.41) is 13.5. The van der Waals surface area contributed by atoms with E-state index in [-0.39, 0.29) is 30.7 Å². The summed E-state index contributed by atoms with van der Waals surface area (Å²) in [7, 11) is 4.11. The number of rotatable bonds is 6. The maximum Gasteiger partial charge on any atom is 0.272 e. The Morgan fingerprint density at radius 3 is 2.65 bits per heavy atom. The van der Waals surface area contributed by atoms with Crippen LogP contribution in [0, 0.1) is 5.92 Å². The Kier molecular flexibility index (Phi) is 9.77. The van der Waals surface area contributed by atoms with Gasteiger partial charge in [-0.1, -0.05) is 13.8 Å². The maximum absolute atomic E-state index is 12.4. The van der Waals surface area contributed by atoms with Gasteiger partial charge in [0, 0.05) is 43.4 Å². The van der Waals surface area contributed by atoms with Gasteiger partial charge < -0.3 is 15.5 Å². The highest BCUT2D eigenvalue weighted by Crippen LogP contribution is 2.15. The smallest absolute Gasteiger partial charge is 0.272 e. The maximum atomic E-state index is 12.4. The van der Waals surface area contributed by atoms with Crippen LogP contribution in [-0.2, 0) is 13.0 Å². The number of fused-ring (bicyclic) bond motifs is 1. The molecule has 0 saturated heterocycles. The normalized spacial score (nSPS) is 14.7. The molecule has 6 nitrogen and oxygen atoms in total. The number of nitrogens with one attached hydrogen (secondary N) is 3. The second-order valence-electron chi connectivity index (χ2n) is 6.41. The fourth-order valence-electron chi connectivity index (χ4n) is 2.73. The number of hydrogen-bond acceptors (Lipinski definition) is 4. The number of nitrogens with zero attached hydrogens (tertiary/aromatic N) is 2. The molecule has 1 aromatic heterocycles. The summed E-state index contributed by atoms with van der Waals surface area (Å²) in [6.07, 6.45) is 1.97. The van der Waals surface area contributed by atoms with Crippen LogP contribution >= 0.6 is 24.8 Å². The number of aromatic nitrogens is 2. The van der Waals surface area contributed by atoms with Gasteiger partial charge in [0.1, 0.15) is 0 Å². The first-order chi connectivity index (χ1) is 9.99. The van der Waals surface area contributed by atoms with Crippen molar-refractivity contribution in [2.24, 2.45) is 5.92 Å². The van der Waals surface area contributed by atoms with Crippen molar-refractivity contribution in [1.29, 1.82) is 0 Å². The Balaban J connectivity index is 0.00000242. The third-order valence-corrected chi connectivity index (χ3v) is 3.99. The van der Waals surface area contributed by atoms with Crippen LogP contribution < -0.4 is 10.6 Å². The number of halogens is 2. The van der Waals surface area contributed by atoms with Gasteiger partial charge in [0.15, 0.2) is 5.69 Å². The van der Waals surface area contributed by atoms with Crippen molar-refractivity contribution in [3.05, 3.63) is 17.0 Å². The van der Waals surface area contributed by atoms with Gasteiger partial charge in [0.25, 0.3) is 5.91 Å². The molecule has 23 heavy (non-hydrogen) atoms. The average molecular weight is 366 g/mol. The van der Waals surface area contributed by atoms with Crippen LogP contribution in [0.15, 0.2) is 0 Å². The van der Waals surface area contributed by atoms with Gasteiger partial charge in [-0.2, -0.15) is 5.10 Å². The molecular formula is C15H29Cl2N5O. The van der Waals surface area contributed by atoms with Gasteiger partial charge in [-0.15, -0.1) is 24.8 Å². The Bertz CT molecular complexity index is 490. The highest BCUT2D eigenvalue weighted by molar-refractivity contribution is 5.94. The number of likely N-dealkylation sites (N-methyl/N-ethyl adjacent to an activating group) is 1. The molecule has 1 aliphatic rings. The highest BCUT2D eigenvalue weighted by Gasteiger charge is 2.22. The van der Waals surface area contributed by atoms with Crippen molar-refractivity contribution in [3.63, 3.8) is 0 Å². The molecule has 0 saturated carbocycles. The van der Waals surface area contributed by atoms with E-state index in [0.29, 0.717) is 24.2 Å². The van der Waals surface area contributed by atoms with Crippen molar-refractivity contribution >= 4 is 30.7 Å². The number of carbonyl (C=O) groups is 1. The van der Waals surface area contributed by atoms with Crippen molar-refractivity contribution in [2.75, 3.05) is 27.2 Å². The topological polar surface area (TPSA) is 73.0 Å². The Morgan fingerprint density at radius 2 is 2.04 bits per heavy atom. The SMILES string of the molecule is CC(C)CC(CNC(=O)c1n[nH]c2c1CNCC2)N(C)C.Cl.Cl. The van der Waals surface area contributed by atoms with Gasteiger partial charge >= 0.3 is 0 Å². The molecule has 1 atom stereocenters. The standard InChI is InChI=1S/C15H27N5O.2ClH/c1-10(2)7-11(20(3)4)8-17-15(21)14-12-9-16-6-5-13(12)18-19-14;;/h10-11,16H,5-9H2,1-4H3,(H,17,21)(H,18,19);2*1H. The second-order valence-corrected chi connectivity index (χ2v) is 6.41. The number of amides is 1. The van der Waals surface area contributed by atoms with Crippen molar-refractivity contribution in [2.45, 2.75) is 39.3 Å². The van der Waals surface area contributed by atoms with E-state index in [4.69, 9.17) is 0 Å². The molecule has 1 aliphatic heterocycles. The van der Waals surface area contributed by atoms with E-state index in [0.717, 1.165) is 37.2 Å².